The molecule has 1 aromatic heterocycles. The Balaban J connectivity index is 3.11. The SMILES string of the molecule is CCC(NC(=O)c1cc(Cl)sc1S(N)(=O)=O)C(=O)O. The van der Waals surface area contributed by atoms with Crippen LogP contribution in [0.1, 0.15) is 23.7 Å². The predicted molar refractivity (Wildman–Crippen MR) is 69.9 cm³/mol. The number of aliphatic carboxylic acids is 1. The quantitative estimate of drug-likeness (QED) is 0.732. The fourth-order valence-electron chi connectivity index (χ4n) is 1.29. The number of thiophene rings is 1. The second kappa shape index (κ2) is 5.87. The van der Waals surface area contributed by atoms with Crippen LogP contribution in [-0.4, -0.2) is 31.4 Å². The van der Waals surface area contributed by atoms with Crippen molar-refractivity contribution in [2.45, 2.75) is 23.6 Å². The van der Waals surface area contributed by atoms with Gasteiger partial charge in [-0.1, -0.05) is 18.5 Å². The van der Waals surface area contributed by atoms with E-state index in [1.54, 1.807) is 6.92 Å². The minimum absolute atomic E-state index is 0.0672. The smallest absolute Gasteiger partial charge is 0.326 e. The van der Waals surface area contributed by atoms with Crippen molar-refractivity contribution in [3.63, 3.8) is 0 Å². The van der Waals surface area contributed by atoms with E-state index in [-0.39, 0.29) is 16.3 Å². The third-order valence-corrected chi connectivity index (χ3v) is 4.93. The van der Waals surface area contributed by atoms with Gasteiger partial charge in [0.25, 0.3) is 5.91 Å². The number of carbonyl (C=O) groups excluding carboxylic acids is 1. The maximum Gasteiger partial charge on any atom is 0.326 e. The molecule has 7 nitrogen and oxygen atoms in total. The van der Waals surface area contributed by atoms with Crippen molar-refractivity contribution in [2.24, 2.45) is 5.14 Å². The van der Waals surface area contributed by atoms with Gasteiger partial charge in [0, 0.05) is 0 Å². The van der Waals surface area contributed by atoms with Crippen molar-refractivity contribution in [2.75, 3.05) is 0 Å². The Hall–Kier alpha value is -1.16. The molecule has 0 radical (unpaired) electrons. The van der Waals surface area contributed by atoms with Crippen LogP contribution in [-0.2, 0) is 14.8 Å². The van der Waals surface area contributed by atoms with E-state index in [0.717, 1.165) is 6.07 Å². The van der Waals surface area contributed by atoms with Gasteiger partial charge in [-0.2, -0.15) is 0 Å². The first kappa shape index (κ1) is 15.9. The number of rotatable bonds is 5. The van der Waals surface area contributed by atoms with Crippen LogP contribution in [0.25, 0.3) is 0 Å². The molecule has 0 fully saturated rings. The maximum atomic E-state index is 11.9. The molecule has 0 aliphatic heterocycles. The molecule has 4 N–H and O–H groups in total. The van der Waals surface area contributed by atoms with Gasteiger partial charge in [-0.3, -0.25) is 4.79 Å². The summed E-state index contributed by atoms with van der Waals surface area (Å²) in [6.45, 7) is 1.57. The normalized spacial score (nSPS) is 13.0. The van der Waals surface area contributed by atoms with Gasteiger partial charge in [0.1, 0.15) is 10.3 Å². The Morgan fingerprint density at radius 2 is 2.16 bits per heavy atom. The molecular weight excluding hydrogens is 316 g/mol. The number of hydrogen-bond donors (Lipinski definition) is 3. The average Bonchev–Trinajstić information content (AvgIpc) is 2.67. The van der Waals surface area contributed by atoms with Gasteiger partial charge in [0.05, 0.1) is 9.90 Å². The van der Waals surface area contributed by atoms with E-state index in [9.17, 15) is 18.0 Å². The number of nitrogens with two attached hydrogens (primary N) is 1. The van der Waals surface area contributed by atoms with Crippen LogP contribution in [0.5, 0.6) is 0 Å². The van der Waals surface area contributed by atoms with Crippen LogP contribution in [0.3, 0.4) is 0 Å². The standard InChI is InChI=1S/C9H11ClN2O5S2/c1-2-5(8(14)15)12-7(13)4-3-6(10)18-9(4)19(11,16)17/h3,5H,2H2,1H3,(H,12,13)(H,14,15)(H2,11,16,17). The lowest BCUT2D eigenvalue weighted by Gasteiger charge is -2.11. The number of primary sulfonamides is 1. The van der Waals surface area contributed by atoms with Crippen molar-refractivity contribution < 1.29 is 23.1 Å². The zero-order valence-corrected chi connectivity index (χ0v) is 12.1. The van der Waals surface area contributed by atoms with Gasteiger partial charge < -0.3 is 10.4 Å². The number of amides is 1. The second-order valence-electron chi connectivity index (χ2n) is 3.57. The lowest BCUT2D eigenvalue weighted by Crippen LogP contribution is -2.40. The topological polar surface area (TPSA) is 127 Å². The number of halogens is 1. The van der Waals surface area contributed by atoms with E-state index in [4.69, 9.17) is 21.8 Å². The van der Waals surface area contributed by atoms with E-state index >= 15 is 0 Å². The van der Waals surface area contributed by atoms with Gasteiger partial charge in [-0.25, -0.2) is 18.4 Å². The summed E-state index contributed by atoms with van der Waals surface area (Å²) in [4.78, 5) is 22.7. The van der Waals surface area contributed by atoms with Crippen LogP contribution in [0.15, 0.2) is 10.3 Å². The Bertz CT molecular complexity index is 610. The van der Waals surface area contributed by atoms with Gasteiger partial charge in [0.2, 0.25) is 10.0 Å². The van der Waals surface area contributed by atoms with Gasteiger partial charge in [-0.05, 0) is 12.5 Å². The molecular formula is C9H11ClN2O5S2. The number of sulfonamides is 1. The number of carboxylic acid groups (broad SMARTS) is 1. The predicted octanol–water partition coefficient (Wildman–Crippen LogP) is 0.642. The van der Waals surface area contributed by atoms with Crippen molar-refractivity contribution in [1.29, 1.82) is 0 Å². The Kier molecular flexibility index (Phi) is 4.91. The first-order valence-corrected chi connectivity index (χ1v) is 7.76. The van der Waals surface area contributed by atoms with Gasteiger partial charge in [0.15, 0.2) is 0 Å². The molecule has 0 spiro atoms. The zero-order valence-electron chi connectivity index (χ0n) is 9.71. The van der Waals surface area contributed by atoms with Crippen LogP contribution in [0.4, 0.5) is 0 Å². The highest BCUT2D eigenvalue weighted by Gasteiger charge is 2.26. The van der Waals surface area contributed by atoms with Gasteiger partial charge >= 0.3 is 5.97 Å². The molecule has 106 valence electrons. The molecule has 1 amide bonds. The third-order valence-electron chi connectivity index (χ3n) is 2.18. The lowest BCUT2D eigenvalue weighted by molar-refractivity contribution is -0.139. The summed E-state index contributed by atoms with van der Waals surface area (Å²) in [6, 6.07) is 0.0232. The van der Waals surface area contributed by atoms with Crippen molar-refractivity contribution in [3.8, 4) is 0 Å². The first-order chi connectivity index (χ1) is 8.66. The molecule has 1 heterocycles. The highest BCUT2D eigenvalue weighted by Crippen LogP contribution is 2.29. The van der Waals surface area contributed by atoms with Crippen molar-refractivity contribution >= 4 is 44.8 Å². The maximum absolute atomic E-state index is 11.9. The molecule has 0 aliphatic rings. The average molecular weight is 327 g/mol. The summed E-state index contributed by atoms with van der Waals surface area (Å²) < 4.78 is 22.3. The number of hydrogen-bond acceptors (Lipinski definition) is 5. The Morgan fingerprint density at radius 1 is 1.58 bits per heavy atom. The molecule has 19 heavy (non-hydrogen) atoms. The molecule has 0 saturated carbocycles. The van der Waals surface area contributed by atoms with E-state index in [0.29, 0.717) is 11.3 Å². The molecule has 0 bridgehead atoms. The third kappa shape index (κ3) is 3.90. The minimum Gasteiger partial charge on any atom is -0.480 e. The fraction of sp³-hybridized carbons (Fsp3) is 0.333. The van der Waals surface area contributed by atoms with E-state index < -0.39 is 32.2 Å². The first-order valence-electron chi connectivity index (χ1n) is 5.02. The highest BCUT2D eigenvalue weighted by atomic mass is 35.5. The number of carboxylic acids is 1. The summed E-state index contributed by atoms with van der Waals surface area (Å²) in [5.41, 5.74) is -0.253. The molecule has 0 aliphatic carbocycles. The van der Waals surface area contributed by atoms with Crippen molar-refractivity contribution in [3.05, 3.63) is 16.0 Å². The molecule has 1 unspecified atom stereocenters. The molecule has 0 saturated heterocycles. The molecule has 1 atom stereocenters. The Morgan fingerprint density at radius 3 is 2.58 bits per heavy atom. The Labute approximate surface area is 118 Å². The summed E-state index contributed by atoms with van der Waals surface area (Å²) in [7, 11) is -4.09. The summed E-state index contributed by atoms with van der Waals surface area (Å²) in [5, 5.41) is 16.0. The van der Waals surface area contributed by atoms with E-state index in [2.05, 4.69) is 5.32 Å². The zero-order chi connectivity index (χ0) is 14.8. The summed E-state index contributed by atoms with van der Waals surface area (Å²) >= 11 is 6.29. The van der Waals surface area contributed by atoms with Crippen molar-refractivity contribution in [1.82, 2.24) is 5.32 Å². The van der Waals surface area contributed by atoms with Gasteiger partial charge in [-0.15, -0.1) is 11.3 Å². The highest BCUT2D eigenvalue weighted by molar-refractivity contribution is 7.91. The molecule has 10 heteroatoms. The largest absolute Gasteiger partial charge is 0.480 e. The second-order valence-corrected chi connectivity index (χ2v) is 7.01. The fourth-order valence-corrected chi connectivity index (χ4v) is 3.57. The number of nitrogens with one attached hydrogen (secondary N) is 1. The number of carbonyl (C=O) groups is 2. The van der Waals surface area contributed by atoms with E-state index in [1.807, 2.05) is 0 Å². The van der Waals surface area contributed by atoms with Crippen LogP contribution in [0.2, 0.25) is 4.34 Å². The monoisotopic (exact) mass is 326 g/mol. The summed E-state index contributed by atoms with van der Waals surface area (Å²) in [5.74, 6) is -2.06. The van der Waals surface area contributed by atoms with E-state index in [1.165, 1.54) is 0 Å². The molecule has 0 aromatic carbocycles. The van der Waals surface area contributed by atoms with Crippen LogP contribution < -0.4 is 10.5 Å². The molecule has 1 rings (SSSR count). The van der Waals surface area contributed by atoms with Crippen LogP contribution >= 0.6 is 22.9 Å². The summed E-state index contributed by atoms with van der Waals surface area (Å²) in [6.07, 6.45) is 0.156. The lowest BCUT2D eigenvalue weighted by atomic mass is 10.2. The minimum atomic E-state index is -4.09. The van der Waals surface area contributed by atoms with Crippen LogP contribution in [0, 0.1) is 0 Å². The molecule has 1 aromatic rings.